The van der Waals surface area contributed by atoms with Crippen LogP contribution in [0.4, 0.5) is 0 Å². The number of aliphatic hydroxyl groups excluding tert-OH is 1. The van der Waals surface area contributed by atoms with Gasteiger partial charge in [0.05, 0.1) is 18.8 Å². The van der Waals surface area contributed by atoms with E-state index in [9.17, 15) is 9.90 Å². The molecule has 41 heavy (non-hydrogen) atoms. The lowest BCUT2D eigenvalue weighted by Crippen LogP contribution is -2.53. The number of nitrogens with one attached hydrogen (secondary N) is 2. The van der Waals surface area contributed by atoms with Gasteiger partial charge in [0.1, 0.15) is 5.69 Å². The third-order valence-corrected chi connectivity index (χ3v) is 11.8. The van der Waals surface area contributed by atoms with Gasteiger partial charge in [0, 0.05) is 15.7 Å². The Balaban J connectivity index is 2.15. The number of aromatic nitrogens is 3. The molecule has 1 aromatic heterocycles. The van der Waals surface area contributed by atoms with Crippen molar-refractivity contribution in [2.24, 2.45) is 10.2 Å². The van der Waals surface area contributed by atoms with Crippen molar-refractivity contribution in [3.8, 4) is 0 Å². The van der Waals surface area contributed by atoms with E-state index in [4.69, 9.17) is 5.10 Å². The van der Waals surface area contributed by atoms with Gasteiger partial charge < -0.3 is 5.11 Å². The molecule has 3 N–H and O–H groups in total. The van der Waals surface area contributed by atoms with Gasteiger partial charge in [-0.05, 0) is 46.9 Å². The van der Waals surface area contributed by atoms with Gasteiger partial charge in [-0.1, -0.05) is 84.2 Å². The zero-order chi connectivity index (χ0) is 29.7. The van der Waals surface area contributed by atoms with Crippen LogP contribution in [0.25, 0.3) is 0 Å². The number of hydrogen-bond donors (Lipinski definition) is 3. The number of aryl methyl sites for hydroxylation is 1. The fourth-order valence-corrected chi connectivity index (χ4v) is 8.99. The highest BCUT2D eigenvalue weighted by atomic mass is 32.2. The molecule has 0 atom stereocenters. The minimum Gasteiger partial charge on any atom is -0.491 e. The number of hydrazone groups is 1. The van der Waals surface area contributed by atoms with Gasteiger partial charge >= 0.3 is 11.5 Å². The Morgan fingerprint density at radius 1 is 1.02 bits per heavy atom. The first-order valence-corrected chi connectivity index (χ1v) is 17.5. The van der Waals surface area contributed by atoms with Crippen LogP contribution in [-0.4, -0.2) is 65.7 Å². The predicted molar refractivity (Wildman–Crippen MR) is 170 cm³/mol. The molecule has 2 aromatic carbocycles. The first-order chi connectivity index (χ1) is 19.6. The van der Waals surface area contributed by atoms with Crippen LogP contribution in [0.3, 0.4) is 0 Å². The van der Waals surface area contributed by atoms with Gasteiger partial charge in [-0.15, -0.1) is 25.0 Å². The molecule has 14 heteroatoms. The fraction of sp³-hybridized carbons (Fsp3) is 0.296. The molecule has 0 bridgehead atoms. The van der Waals surface area contributed by atoms with Crippen LogP contribution < -0.4 is 27.0 Å². The number of hydrazine groups is 1. The second-order valence-electron chi connectivity index (χ2n) is 9.49. The summed E-state index contributed by atoms with van der Waals surface area (Å²) in [6, 6.07) is 20.5. The van der Waals surface area contributed by atoms with Crippen LogP contribution >= 0.6 is 30.6 Å². The summed E-state index contributed by atoms with van der Waals surface area (Å²) in [6.07, 6.45) is 3.67. The van der Waals surface area contributed by atoms with Gasteiger partial charge in [0.25, 0.3) is 0 Å². The topological polar surface area (TPSA) is 123 Å². The predicted octanol–water partition coefficient (Wildman–Crippen LogP) is 3.48. The van der Waals surface area contributed by atoms with E-state index in [1.807, 2.05) is 48.9 Å². The van der Waals surface area contributed by atoms with Gasteiger partial charge in [-0.3, -0.25) is 10.2 Å². The summed E-state index contributed by atoms with van der Waals surface area (Å²) in [4.78, 5) is 13.4. The van der Waals surface area contributed by atoms with Crippen LogP contribution in [0.1, 0.15) is 26.5 Å². The van der Waals surface area contributed by atoms with Crippen molar-refractivity contribution in [3.63, 3.8) is 0 Å². The summed E-state index contributed by atoms with van der Waals surface area (Å²) < 4.78 is 3.46. The second-order valence-corrected chi connectivity index (χ2v) is 14.4. The Morgan fingerprint density at radius 2 is 1.61 bits per heavy atom. The van der Waals surface area contributed by atoms with Crippen molar-refractivity contribution in [2.75, 3.05) is 19.2 Å². The highest BCUT2D eigenvalue weighted by Crippen LogP contribution is 2.43. The van der Waals surface area contributed by atoms with Crippen molar-refractivity contribution in [1.82, 2.24) is 30.7 Å². The Kier molecular flexibility index (Phi) is 9.62. The highest BCUT2D eigenvalue weighted by Gasteiger charge is 2.36. The van der Waals surface area contributed by atoms with Crippen molar-refractivity contribution in [2.45, 2.75) is 38.9 Å². The highest BCUT2D eigenvalue weighted by molar-refractivity contribution is 8.13. The van der Waals surface area contributed by atoms with Crippen molar-refractivity contribution in [3.05, 3.63) is 88.3 Å². The second kappa shape index (κ2) is 13.0. The Labute approximate surface area is 248 Å². The number of amidine groups is 1. The molecule has 2 heterocycles. The molecule has 216 valence electrons. The van der Waals surface area contributed by atoms with E-state index in [0.29, 0.717) is 22.0 Å². The number of aliphatic hydroxyl groups is 1. The van der Waals surface area contributed by atoms with E-state index >= 15 is 0 Å². The van der Waals surface area contributed by atoms with Gasteiger partial charge in [0.15, 0.2) is 0 Å². The quantitative estimate of drug-likeness (QED) is 0.166. The third-order valence-electron chi connectivity index (χ3n) is 6.45. The summed E-state index contributed by atoms with van der Waals surface area (Å²) in [5.74, 6) is 0.262. The molecule has 11 nitrogen and oxygen atoms in total. The fourth-order valence-electron chi connectivity index (χ4n) is 4.43. The number of benzene rings is 2. The lowest BCUT2D eigenvalue weighted by Gasteiger charge is -2.31. The summed E-state index contributed by atoms with van der Waals surface area (Å²) in [6.45, 7) is 9.72. The van der Waals surface area contributed by atoms with Crippen molar-refractivity contribution in [1.29, 1.82) is 0 Å². The number of thioether (sulfide) groups is 2. The number of guanidine groups is 1. The number of hydrogen-bond acceptors (Lipinski definition) is 10. The average molecular weight is 613 g/mol. The molecule has 0 fully saturated rings. The maximum absolute atomic E-state index is 13.4. The van der Waals surface area contributed by atoms with E-state index in [1.165, 1.54) is 33.2 Å². The minimum absolute atomic E-state index is 0.0679. The molecule has 0 saturated carbocycles. The van der Waals surface area contributed by atoms with E-state index < -0.39 is 7.05 Å². The maximum atomic E-state index is 13.4. The van der Waals surface area contributed by atoms with Crippen molar-refractivity contribution >= 4 is 52.3 Å². The Bertz CT molecular complexity index is 1580. The number of rotatable bonds is 6. The van der Waals surface area contributed by atoms with Crippen LogP contribution in [-0.2, 0) is 0 Å². The molecule has 4 rings (SSSR count). The molecule has 1 aliphatic rings. The van der Waals surface area contributed by atoms with Crippen LogP contribution in [0, 0.1) is 6.92 Å². The zero-order valence-corrected chi connectivity index (χ0v) is 26.6. The maximum Gasteiger partial charge on any atom is 0.433 e. The standard InChI is InChI=1S/C27H34N9O2PS2/c1-18(2)36(39(5,21-14-10-8-11-15-21)22-16-12-9-13-17-22)25(32-34-23(37)19(3)28-30-26(34)40-6)33-35-24(38)20(4)29-31-27(35)41-7/h8-18H,1-7H3,(H2-,28,29,32,33,37,38)/p+1. The lowest BCUT2D eigenvalue weighted by molar-refractivity contribution is -0.430. The molecule has 0 amide bonds. The molecular formula is C27H35N9O2PS2+. The summed E-state index contributed by atoms with van der Waals surface area (Å²) in [5, 5.41) is 33.2. The van der Waals surface area contributed by atoms with Crippen molar-refractivity contribution < 1.29 is 9.43 Å². The minimum atomic E-state index is -2.42. The van der Waals surface area contributed by atoms with Crippen LogP contribution in [0.2, 0.25) is 0 Å². The van der Waals surface area contributed by atoms with Gasteiger partial charge in [0.2, 0.25) is 16.2 Å². The first-order valence-electron chi connectivity index (χ1n) is 12.8. The molecule has 0 radical (unpaired) electrons. The van der Waals surface area contributed by atoms with E-state index in [0.717, 1.165) is 10.6 Å². The van der Waals surface area contributed by atoms with Crippen LogP contribution in [0.5, 0.6) is 0 Å². The normalized spacial score (nSPS) is 14.2. The summed E-state index contributed by atoms with van der Waals surface area (Å²) in [7, 11) is -2.42. The van der Waals surface area contributed by atoms with Gasteiger partial charge in [-0.25, -0.2) is 4.33 Å². The van der Waals surface area contributed by atoms with E-state index in [1.54, 1.807) is 13.8 Å². The zero-order valence-electron chi connectivity index (χ0n) is 24.1. The van der Waals surface area contributed by atoms with E-state index in [2.05, 4.69) is 75.3 Å². The number of nitrogens with zero attached hydrogens (tertiary/aromatic N) is 7. The molecule has 1 aliphatic heterocycles. The first kappa shape index (κ1) is 30.4. The molecule has 0 spiro atoms. The Hall–Kier alpha value is -3.54. The Morgan fingerprint density at radius 3 is 2.12 bits per heavy atom. The molecule has 3 aromatic rings. The number of allylic oxidation sites excluding steroid dienone is 1. The smallest absolute Gasteiger partial charge is 0.433 e. The summed E-state index contributed by atoms with van der Waals surface area (Å²) >= 11 is 2.61. The van der Waals surface area contributed by atoms with Gasteiger partial charge in [-0.2, -0.15) is 5.43 Å². The molecule has 0 unspecified atom stereocenters. The monoisotopic (exact) mass is 612 g/mol. The molecular weight excluding hydrogens is 577 g/mol. The lowest BCUT2D eigenvalue weighted by atomic mass is 10.4. The third kappa shape index (κ3) is 6.07. The van der Waals surface area contributed by atoms with E-state index in [-0.39, 0.29) is 23.2 Å². The summed E-state index contributed by atoms with van der Waals surface area (Å²) in [5.41, 5.74) is 6.47. The SMILES string of the molecule is CSC1=NNC(C)=C(O)N1N/C(=N/n1c(SC)nnc(C)c1=O)[N+](C(C)C)=P(C)(c1ccccc1)c1ccccc1. The van der Waals surface area contributed by atoms with Crippen LogP contribution in [0.15, 0.2) is 92.4 Å². The molecule has 0 aliphatic carbocycles. The average Bonchev–Trinajstić information content (AvgIpc) is 2.98. The largest absolute Gasteiger partial charge is 0.491 e. The molecule has 0 saturated heterocycles.